The smallest absolute Gasteiger partial charge is 0.339 e. The minimum Gasteiger partial charge on any atom is -0.478 e. The van der Waals surface area contributed by atoms with Gasteiger partial charge in [0.15, 0.2) is 0 Å². The average Bonchev–Trinajstić information content (AvgIpc) is 3.24. The maximum atomic E-state index is 11.7. The van der Waals surface area contributed by atoms with Crippen molar-refractivity contribution in [3.63, 3.8) is 0 Å². The molecule has 0 radical (unpaired) electrons. The highest BCUT2D eigenvalue weighted by molar-refractivity contribution is 5.93. The summed E-state index contributed by atoms with van der Waals surface area (Å²) < 4.78 is 0. The number of hydrogen-bond acceptors (Lipinski definition) is 4. The Kier molecular flexibility index (Phi) is 3.52. The van der Waals surface area contributed by atoms with Crippen LogP contribution < -0.4 is 4.90 Å². The Morgan fingerprint density at radius 3 is 3.04 bits per heavy atom. The monoisotopic (exact) mass is 312 g/mol. The lowest BCUT2D eigenvalue weighted by Gasteiger charge is -2.33. The van der Waals surface area contributed by atoms with Gasteiger partial charge >= 0.3 is 5.97 Å². The SMILES string of the molecule is O=C(O)c1cc2c(nc1N1CCCC(c3ncc[nH]3)C1)CCC2. The number of aromatic carboxylic acids is 1. The van der Waals surface area contributed by atoms with Crippen LogP contribution in [0, 0.1) is 0 Å². The number of rotatable bonds is 3. The lowest BCUT2D eigenvalue weighted by atomic mass is 9.96. The number of nitrogens with one attached hydrogen (secondary N) is 1. The number of carboxylic acids is 1. The fourth-order valence-corrected chi connectivity index (χ4v) is 3.75. The van der Waals surface area contributed by atoms with E-state index in [9.17, 15) is 9.90 Å². The maximum absolute atomic E-state index is 11.7. The summed E-state index contributed by atoms with van der Waals surface area (Å²) in [6.45, 7) is 1.61. The molecule has 6 nitrogen and oxygen atoms in total. The van der Waals surface area contributed by atoms with Gasteiger partial charge in [-0.25, -0.2) is 14.8 Å². The van der Waals surface area contributed by atoms with E-state index in [1.165, 1.54) is 0 Å². The van der Waals surface area contributed by atoms with Gasteiger partial charge in [-0.3, -0.25) is 0 Å². The molecule has 2 aliphatic rings. The zero-order valence-corrected chi connectivity index (χ0v) is 13.0. The number of anilines is 1. The van der Waals surface area contributed by atoms with E-state index in [2.05, 4.69) is 14.9 Å². The Morgan fingerprint density at radius 2 is 2.26 bits per heavy atom. The Labute approximate surface area is 134 Å². The topological polar surface area (TPSA) is 82.1 Å². The van der Waals surface area contributed by atoms with E-state index in [4.69, 9.17) is 4.98 Å². The molecule has 4 rings (SSSR count). The van der Waals surface area contributed by atoms with Crippen LogP contribution in [-0.2, 0) is 12.8 Å². The standard InChI is InChI=1S/C17H20N4O2/c22-17(23)13-9-11-3-1-5-14(11)20-16(13)21-8-2-4-12(10-21)15-18-6-7-19-15/h6-7,9,12H,1-5,8,10H2,(H,18,19)(H,22,23). The van der Waals surface area contributed by atoms with Gasteiger partial charge in [-0.1, -0.05) is 0 Å². The molecule has 1 aliphatic carbocycles. The Hall–Kier alpha value is -2.37. The molecule has 3 heterocycles. The van der Waals surface area contributed by atoms with Gasteiger partial charge in [0, 0.05) is 37.1 Å². The molecule has 0 aromatic carbocycles. The van der Waals surface area contributed by atoms with E-state index in [0.29, 0.717) is 17.3 Å². The fourth-order valence-electron chi connectivity index (χ4n) is 3.75. The summed E-state index contributed by atoms with van der Waals surface area (Å²) in [7, 11) is 0. The molecule has 0 bridgehead atoms. The van der Waals surface area contributed by atoms with Gasteiger partial charge in [-0.2, -0.15) is 0 Å². The number of piperidine rings is 1. The maximum Gasteiger partial charge on any atom is 0.339 e. The second kappa shape index (κ2) is 5.68. The number of carbonyl (C=O) groups is 1. The lowest BCUT2D eigenvalue weighted by Crippen LogP contribution is -2.36. The molecule has 23 heavy (non-hydrogen) atoms. The van der Waals surface area contributed by atoms with Crippen LogP contribution in [0.2, 0.25) is 0 Å². The first-order valence-corrected chi connectivity index (χ1v) is 8.22. The highest BCUT2D eigenvalue weighted by Gasteiger charge is 2.28. The Morgan fingerprint density at radius 1 is 1.35 bits per heavy atom. The predicted octanol–water partition coefficient (Wildman–Crippen LogP) is 2.38. The van der Waals surface area contributed by atoms with Crippen molar-refractivity contribution in [2.24, 2.45) is 0 Å². The fraction of sp³-hybridized carbons (Fsp3) is 0.471. The van der Waals surface area contributed by atoms with Gasteiger partial charge in [0.05, 0.1) is 0 Å². The van der Waals surface area contributed by atoms with Crippen molar-refractivity contribution >= 4 is 11.8 Å². The van der Waals surface area contributed by atoms with E-state index < -0.39 is 5.97 Å². The first kappa shape index (κ1) is 14.2. The summed E-state index contributed by atoms with van der Waals surface area (Å²) >= 11 is 0. The van der Waals surface area contributed by atoms with Gasteiger partial charge in [0.25, 0.3) is 0 Å². The van der Waals surface area contributed by atoms with Crippen molar-refractivity contribution in [2.75, 3.05) is 18.0 Å². The van der Waals surface area contributed by atoms with Crippen LogP contribution in [0.3, 0.4) is 0 Å². The van der Waals surface area contributed by atoms with Crippen LogP contribution in [-0.4, -0.2) is 39.1 Å². The summed E-state index contributed by atoms with van der Waals surface area (Å²) in [4.78, 5) is 26.1. The first-order valence-electron chi connectivity index (χ1n) is 8.22. The van der Waals surface area contributed by atoms with Gasteiger partial charge in [0.1, 0.15) is 17.2 Å². The van der Waals surface area contributed by atoms with Gasteiger partial charge in [-0.15, -0.1) is 0 Å². The molecular formula is C17H20N4O2. The van der Waals surface area contributed by atoms with Crippen LogP contribution >= 0.6 is 0 Å². The van der Waals surface area contributed by atoms with Crippen molar-refractivity contribution in [3.05, 3.63) is 41.1 Å². The molecule has 0 saturated carbocycles. The van der Waals surface area contributed by atoms with Crippen LogP contribution in [0.25, 0.3) is 0 Å². The third-order valence-electron chi connectivity index (χ3n) is 4.89. The summed E-state index contributed by atoms with van der Waals surface area (Å²) in [5.74, 6) is 1.03. The van der Waals surface area contributed by atoms with E-state index in [1.807, 2.05) is 12.3 Å². The highest BCUT2D eigenvalue weighted by Crippen LogP contribution is 2.32. The van der Waals surface area contributed by atoms with Crippen molar-refractivity contribution in [1.82, 2.24) is 15.0 Å². The summed E-state index contributed by atoms with van der Waals surface area (Å²) in [5, 5.41) is 9.59. The van der Waals surface area contributed by atoms with E-state index in [0.717, 1.165) is 62.3 Å². The number of nitrogens with zero attached hydrogens (tertiary/aromatic N) is 3. The van der Waals surface area contributed by atoms with Crippen LogP contribution in [0.5, 0.6) is 0 Å². The first-order chi connectivity index (χ1) is 11.2. The molecule has 120 valence electrons. The van der Waals surface area contributed by atoms with E-state index >= 15 is 0 Å². The number of aromatic nitrogens is 3. The molecule has 1 unspecified atom stereocenters. The number of aromatic amines is 1. The molecule has 1 aliphatic heterocycles. The van der Waals surface area contributed by atoms with Crippen molar-refractivity contribution < 1.29 is 9.90 Å². The number of hydrogen-bond donors (Lipinski definition) is 2. The summed E-state index contributed by atoms with van der Waals surface area (Å²) in [6.07, 6.45) is 8.66. The minimum absolute atomic E-state index is 0.301. The van der Waals surface area contributed by atoms with Gasteiger partial charge < -0.3 is 15.0 Å². The lowest BCUT2D eigenvalue weighted by molar-refractivity contribution is 0.0697. The third kappa shape index (κ3) is 2.58. The summed E-state index contributed by atoms with van der Waals surface area (Å²) in [6, 6.07) is 1.84. The quantitative estimate of drug-likeness (QED) is 0.909. The van der Waals surface area contributed by atoms with Crippen LogP contribution in [0.1, 0.15) is 52.6 Å². The predicted molar refractivity (Wildman–Crippen MR) is 86.0 cm³/mol. The molecule has 1 fully saturated rings. The zero-order chi connectivity index (χ0) is 15.8. The third-order valence-corrected chi connectivity index (χ3v) is 4.89. The number of carboxylic acid groups (broad SMARTS) is 1. The molecule has 6 heteroatoms. The second-order valence-electron chi connectivity index (χ2n) is 6.38. The summed E-state index contributed by atoms with van der Waals surface area (Å²) in [5.41, 5.74) is 2.52. The van der Waals surface area contributed by atoms with Crippen molar-refractivity contribution in [3.8, 4) is 0 Å². The molecule has 1 saturated heterocycles. The van der Waals surface area contributed by atoms with Crippen molar-refractivity contribution in [2.45, 2.75) is 38.0 Å². The minimum atomic E-state index is -0.887. The molecule has 2 N–H and O–H groups in total. The number of imidazole rings is 1. The Balaban J connectivity index is 1.68. The Bertz CT molecular complexity index is 726. The molecule has 2 aromatic heterocycles. The van der Waals surface area contributed by atoms with Crippen LogP contribution in [0.15, 0.2) is 18.5 Å². The molecule has 1 atom stereocenters. The van der Waals surface area contributed by atoms with Gasteiger partial charge in [-0.05, 0) is 43.7 Å². The molecule has 2 aromatic rings. The normalized spacial score (nSPS) is 20.5. The van der Waals surface area contributed by atoms with E-state index in [-0.39, 0.29) is 0 Å². The zero-order valence-electron chi connectivity index (χ0n) is 13.0. The van der Waals surface area contributed by atoms with Gasteiger partial charge in [0.2, 0.25) is 0 Å². The highest BCUT2D eigenvalue weighted by atomic mass is 16.4. The molecule has 0 amide bonds. The number of aryl methyl sites for hydroxylation is 2. The average molecular weight is 312 g/mol. The van der Waals surface area contributed by atoms with E-state index in [1.54, 1.807) is 6.20 Å². The number of pyridine rings is 1. The van der Waals surface area contributed by atoms with Crippen molar-refractivity contribution in [1.29, 1.82) is 0 Å². The number of fused-ring (bicyclic) bond motifs is 1. The van der Waals surface area contributed by atoms with Crippen LogP contribution in [0.4, 0.5) is 5.82 Å². The largest absolute Gasteiger partial charge is 0.478 e. The molecular weight excluding hydrogens is 292 g/mol. The number of H-pyrrole nitrogens is 1. The second-order valence-corrected chi connectivity index (χ2v) is 6.38. The molecule has 0 spiro atoms.